The van der Waals surface area contributed by atoms with Gasteiger partial charge in [0.05, 0.1) is 0 Å². The Bertz CT molecular complexity index is 387. The molecule has 1 aliphatic heterocycles. The van der Waals surface area contributed by atoms with Gasteiger partial charge in [-0.2, -0.15) is 0 Å². The molecule has 0 aromatic heterocycles. The fourth-order valence-electron chi connectivity index (χ4n) is 2.70. The molecule has 0 N–H and O–H groups in total. The first-order valence-corrected chi connectivity index (χ1v) is 6.74. The molecule has 0 aliphatic carbocycles. The fourth-order valence-corrected chi connectivity index (χ4v) is 2.70. The largest absolute Gasteiger partial charge is 0.369 e. The van der Waals surface area contributed by atoms with Gasteiger partial charge in [-0.15, -0.1) is 0 Å². The van der Waals surface area contributed by atoms with Crippen molar-refractivity contribution in [3.8, 4) is 0 Å². The third-order valence-corrected chi connectivity index (χ3v) is 4.03. The second-order valence-electron chi connectivity index (χ2n) is 6.64. The number of hydrogen-bond donors (Lipinski definition) is 0. The summed E-state index contributed by atoms with van der Waals surface area (Å²) in [6, 6.07) is 9.48. The quantitative estimate of drug-likeness (QED) is 0.702. The van der Waals surface area contributed by atoms with Crippen LogP contribution in [0, 0.1) is 11.3 Å². The van der Waals surface area contributed by atoms with Crippen LogP contribution in [0.4, 0.5) is 5.69 Å². The topological polar surface area (TPSA) is 3.24 Å². The number of para-hydroxylation sites is 1. The number of hydrogen-bond acceptors (Lipinski definition) is 1. The molecule has 2 rings (SSSR count). The number of rotatable bonds is 1. The molecule has 1 unspecified atom stereocenters. The van der Waals surface area contributed by atoms with Crippen molar-refractivity contribution in [2.75, 3.05) is 11.4 Å². The molecule has 0 saturated heterocycles. The van der Waals surface area contributed by atoms with E-state index in [1.165, 1.54) is 24.2 Å². The zero-order valence-corrected chi connectivity index (χ0v) is 11.8. The van der Waals surface area contributed by atoms with E-state index in [1.54, 1.807) is 0 Å². The molecule has 1 aliphatic rings. The maximum Gasteiger partial charge on any atom is 0.0401 e. The van der Waals surface area contributed by atoms with Gasteiger partial charge < -0.3 is 4.90 Å². The minimum absolute atomic E-state index is 0.390. The van der Waals surface area contributed by atoms with Crippen LogP contribution in [0.1, 0.15) is 40.2 Å². The monoisotopic (exact) mass is 231 g/mol. The zero-order chi connectivity index (χ0) is 12.6. The van der Waals surface area contributed by atoms with Gasteiger partial charge in [-0.25, -0.2) is 0 Å². The second kappa shape index (κ2) is 4.36. The van der Waals surface area contributed by atoms with E-state index in [4.69, 9.17) is 0 Å². The van der Waals surface area contributed by atoms with E-state index in [-0.39, 0.29) is 0 Å². The Morgan fingerprint density at radius 3 is 2.41 bits per heavy atom. The number of anilines is 1. The van der Waals surface area contributed by atoms with Crippen molar-refractivity contribution < 1.29 is 0 Å². The van der Waals surface area contributed by atoms with Crippen LogP contribution < -0.4 is 4.90 Å². The standard InChI is InChI=1S/C16H25N/c1-12(2)17-11-14(16(3,4)5)10-13-8-6-7-9-15(13)17/h6-9,12,14H,10-11H2,1-5H3. The SMILES string of the molecule is CC(C)N1CC(C(C)(C)C)Cc2ccccc21. The summed E-state index contributed by atoms with van der Waals surface area (Å²) in [4.78, 5) is 2.56. The summed E-state index contributed by atoms with van der Waals surface area (Å²) in [6.07, 6.45) is 1.23. The van der Waals surface area contributed by atoms with Gasteiger partial charge in [-0.1, -0.05) is 39.0 Å². The molecule has 0 spiro atoms. The van der Waals surface area contributed by atoms with E-state index >= 15 is 0 Å². The molecule has 0 bridgehead atoms. The molecule has 0 saturated carbocycles. The maximum atomic E-state index is 2.56. The van der Waals surface area contributed by atoms with Crippen LogP contribution in [-0.4, -0.2) is 12.6 Å². The molecule has 1 heteroatoms. The Balaban J connectivity index is 2.36. The predicted octanol–water partition coefficient (Wildman–Crippen LogP) is 4.12. The minimum Gasteiger partial charge on any atom is -0.369 e. The van der Waals surface area contributed by atoms with Crippen LogP contribution in [0.3, 0.4) is 0 Å². The molecular formula is C16H25N. The summed E-state index contributed by atoms with van der Waals surface area (Å²) in [5, 5.41) is 0. The lowest BCUT2D eigenvalue weighted by Gasteiger charge is -2.43. The molecule has 0 amide bonds. The van der Waals surface area contributed by atoms with Crippen LogP contribution in [0.2, 0.25) is 0 Å². The molecule has 0 radical (unpaired) electrons. The Morgan fingerprint density at radius 2 is 1.82 bits per heavy atom. The van der Waals surface area contributed by atoms with Crippen LogP contribution in [0.5, 0.6) is 0 Å². The van der Waals surface area contributed by atoms with Crippen molar-refractivity contribution in [2.24, 2.45) is 11.3 Å². The van der Waals surface area contributed by atoms with E-state index < -0.39 is 0 Å². The molecule has 1 atom stereocenters. The summed E-state index contributed by atoms with van der Waals surface area (Å²) < 4.78 is 0. The van der Waals surface area contributed by atoms with Gasteiger partial charge in [0.1, 0.15) is 0 Å². The number of fused-ring (bicyclic) bond motifs is 1. The lowest BCUT2D eigenvalue weighted by atomic mass is 9.74. The maximum absolute atomic E-state index is 2.56. The highest BCUT2D eigenvalue weighted by Crippen LogP contribution is 2.38. The smallest absolute Gasteiger partial charge is 0.0401 e. The first-order chi connectivity index (χ1) is 7.89. The van der Waals surface area contributed by atoms with Crippen LogP contribution in [-0.2, 0) is 6.42 Å². The molecule has 0 fully saturated rings. The highest BCUT2D eigenvalue weighted by atomic mass is 15.2. The van der Waals surface area contributed by atoms with Crippen LogP contribution >= 0.6 is 0 Å². The van der Waals surface area contributed by atoms with Gasteiger partial charge >= 0.3 is 0 Å². The van der Waals surface area contributed by atoms with Gasteiger partial charge in [0, 0.05) is 18.3 Å². The van der Waals surface area contributed by atoms with Gasteiger partial charge in [-0.3, -0.25) is 0 Å². The molecule has 17 heavy (non-hydrogen) atoms. The average molecular weight is 231 g/mol. The van der Waals surface area contributed by atoms with Crippen molar-refractivity contribution in [2.45, 2.75) is 47.1 Å². The number of benzene rings is 1. The second-order valence-corrected chi connectivity index (χ2v) is 6.64. The van der Waals surface area contributed by atoms with Gasteiger partial charge in [-0.05, 0) is 43.2 Å². The third kappa shape index (κ3) is 2.48. The Kier molecular flexibility index (Phi) is 3.20. The van der Waals surface area contributed by atoms with E-state index in [2.05, 4.69) is 63.8 Å². The molecule has 1 aromatic carbocycles. The van der Waals surface area contributed by atoms with Crippen molar-refractivity contribution in [3.05, 3.63) is 29.8 Å². The van der Waals surface area contributed by atoms with Crippen molar-refractivity contribution >= 4 is 5.69 Å². The van der Waals surface area contributed by atoms with Crippen molar-refractivity contribution in [1.29, 1.82) is 0 Å². The van der Waals surface area contributed by atoms with Crippen LogP contribution in [0.25, 0.3) is 0 Å². The molecule has 94 valence electrons. The molecule has 1 heterocycles. The third-order valence-electron chi connectivity index (χ3n) is 4.03. The van der Waals surface area contributed by atoms with E-state index in [0.29, 0.717) is 11.5 Å². The fraction of sp³-hybridized carbons (Fsp3) is 0.625. The summed E-state index contributed by atoms with van der Waals surface area (Å²) in [5.41, 5.74) is 3.36. The van der Waals surface area contributed by atoms with Gasteiger partial charge in [0.2, 0.25) is 0 Å². The Labute approximate surface area is 106 Å². The minimum atomic E-state index is 0.390. The van der Waals surface area contributed by atoms with E-state index in [1.807, 2.05) is 0 Å². The van der Waals surface area contributed by atoms with Crippen molar-refractivity contribution in [1.82, 2.24) is 0 Å². The van der Waals surface area contributed by atoms with E-state index in [9.17, 15) is 0 Å². The summed E-state index contributed by atoms with van der Waals surface area (Å²) in [6.45, 7) is 12.9. The molecule has 1 aromatic rings. The Hall–Kier alpha value is -0.980. The predicted molar refractivity (Wildman–Crippen MR) is 75.6 cm³/mol. The van der Waals surface area contributed by atoms with E-state index in [0.717, 1.165) is 5.92 Å². The summed E-state index contributed by atoms with van der Waals surface area (Å²) >= 11 is 0. The lowest BCUT2D eigenvalue weighted by molar-refractivity contribution is 0.231. The molecular weight excluding hydrogens is 206 g/mol. The zero-order valence-electron chi connectivity index (χ0n) is 11.8. The first kappa shape index (κ1) is 12.5. The highest BCUT2D eigenvalue weighted by molar-refractivity contribution is 5.56. The number of nitrogens with zero attached hydrogens (tertiary/aromatic N) is 1. The highest BCUT2D eigenvalue weighted by Gasteiger charge is 2.32. The summed E-state index contributed by atoms with van der Waals surface area (Å²) in [7, 11) is 0. The van der Waals surface area contributed by atoms with Gasteiger partial charge in [0.25, 0.3) is 0 Å². The van der Waals surface area contributed by atoms with Crippen molar-refractivity contribution in [3.63, 3.8) is 0 Å². The Morgan fingerprint density at radius 1 is 1.18 bits per heavy atom. The lowest BCUT2D eigenvalue weighted by Crippen LogP contribution is -2.44. The first-order valence-electron chi connectivity index (χ1n) is 6.74. The molecule has 1 nitrogen and oxygen atoms in total. The normalized spacial score (nSPS) is 20.6. The summed E-state index contributed by atoms with van der Waals surface area (Å²) in [5.74, 6) is 0.750. The average Bonchev–Trinajstić information content (AvgIpc) is 2.26. The van der Waals surface area contributed by atoms with Crippen LogP contribution in [0.15, 0.2) is 24.3 Å². The van der Waals surface area contributed by atoms with Gasteiger partial charge in [0.15, 0.2) is 0 Å².